The first-order chi connectivity index (χ1) is 9.18. The van der Waals surface area contributed by atoms with E-state index in [2.05, 4.69) is 34.5 Å². The molecule has 0 saturated heterocycles. The quantitative estimate of drug-likeness (QED) is 0.806. The maximum absolute atomic E-state index is 12.2. The summed E-state index contributed by atoms with van der Waals surface area (Å²) in [5, 5.41) is 8.80. The van der Waals surface area contributed by atoms with Crippen LogP contribution in [0, 0.1) is 11.3 Å². The van der Waals surface area contributed by atoms with Gasteiger partial charge in [0.05, 0.1) is 0 Å². The largest absolute Gasteiger partial charge is 0.475 e. The molecule has 0 bridgehead atoms. The summed E-state index contributed by atoms with van der Waals surface area (Å²) in [6.07, 6.45) is 2.00. The zero-order chi connectivity index (χ0) is 15.1. The Kier molecular flexibility index (Phi) is 4.01. The Bertz CT molecular complexity index is 630. The van der Waals surface area contributed by atoms with E-state index in [1.807, 2.05) is 0 Å². The zero-order valence-corrected chi connectivity index (χ0v) is 13.5. The fourth-order valence-electron chi connectivity index (χ4n) is 2.08. The molecule has 1 aromatic heterocycles. The van der Waals surface area contributed by atoms with Gasteiger partial charge in [-0.2, -0.15) is 0 Å². The minimum absolute atomic E-state index is 0.0267. The lowest BCUT2D eigenvalue weighted by atomic mass is 9.93. The molecule has 0 atom stereocenters. The van der Waals surface area contributed by atoms with Crippen LogP contribution in [0.15, 0.2) is 20.0 Å². The van der Waals surface area contributed by atoms with Gasteiger partial charge in [-0.3, -0.25) is 0 Å². The van der Waals surface area contributed by atoms with Crippen molar-refractivity contribution < 1.29 is 22.7 Å². The van der Waals surface area contributed by atoms with Crippen LogP contribution in [-0.2, 0) is 10.0 Å². The molecule has 112 valence electrons. The third kappa shape index (κ3) is 2.91. The number of hydrogen-bond acceptors (Lipinski definition) is 4. The molecule has 0 aromatic carbocycles. The Morgan fingerprint density at radius 2 is 2.15 bits per heavy atom. The lowest BCUT2D eigenvalue weighted by Crippen LogP contribution is -2.32. The third-order valence-electron chi connectivity index (χ3n) is 3.89. The fraction of sp³-hybridized carbons (Fsp3) is 0.583. The van der Waals surface area contributed by atoms with Gasteiger partial charge in [-0.05, 0) is 40.1 Å². The van der Waals surface area contributed by atoms with Crippen molar-refractivity contribution in [2.75, 3.05) is 6.54 Å². The van der Waals surface area contributed by atoms with E-state index in [9.17, 15) is 13.2 Å². The highest BCUT2D eigenvalue weighted by Crippen LogP contribution is 2.51. The van der Waals surface area contributed by atoms with Crippen molar-refractivity contribution in [1.82, 2.24) is 4.72 Å². The van der Waals surface area contributed by atoms with E-state index in [4.69, 9.17) is 9.52 Å². The third-order valence-corrected chi connectivity index (χ3v) is 6.15. The van der Waals surface area contributed by atoms with Gasteiger partial charge >= 0.3 is 5.97 Å². The first-order valence-corrected chi connectivity index (χ1v) is 8.48. The van der Waals surface area contributed by atoms with Crippen LogP contribution in [0.2, 0.25) is 0 Å². The highest BCUT2D eigenvalue weighted by atomic mass is 79.9. The summed E-state index contributed by atoms with van der Waals surface area (Å²) < 4.78 is 31.7. The summed E-state index contributed by atoms with van der Waals surface area (Å²) in [6.45, 7) is 4.49. The predicted octanol–water partition coefficient (Wildman–Crippen LogP) is 2.45. The van der Waals surface area contributed by atoms with Crippen molar-refractivity contribution in [3.63, 3.8) is 0 Å². The molecule has 0 amide bonds. The average molecular weight is 366 g/mol. The lowest BCUT2D eigenvalue weighted by molar-refractivity contribution is 0.0661. The molecule has 2 rings (SSSR count). The van der Waals surface area contributed by atoms with Crippen LogP contribution in [0.4, 0.5) is 0 Å². The van der Waals surface area contributed by atoms with Crippen molar-refractivity contribution in [2.45, 2.75) is 31.6 Å². The number of sulfonamides is 1. The molecule has 6 nitrogen and oxygen atoms in total. The van der Waals surface area contributed by atoms with E-state index >= 15 is 0 Å². The molecule has 0 aliphatic heterocycles. The minimum Gasteiger partial charge on any atom is -0.475 e. The molecule has 20 heavy (non-hydrogen) atoms. The van der Waals surface area contributed by atoms with Gasteiger partial charge in [0.15, 0.2) is 4.67 Å². The number of carbonyl (C=O) groups is 1. The molecule has 0 radical (unpaired) electrons. The molecule has 1 aliphatic carbocycles. The van der Waals surface area contributed by atoms with Crippen LogP contribution in [0.3, 0.4) is 0 Å². The lowest BCUT2D eigenvalue weighted by Gasteiger charge is -2.19. The fourth-order valence-corrected chi connectivity index (χ4v) is 4.15. The van der Waals surface area contributed by atoms with Crippen LogP contribution in [0.1, 0.15) is 37.2 Å². The van der Waals surface area contributed by atoms with Crippen molar-refractivity contribution in [3.8, 4) is 0 Å². The monoisotopic (exact) mass is 365 g/mol. The summed E-state index contributed by atoms with van der Waals surface area (Å²) in [4.78, 5) is 10.6. The van der Waals surface area contributed by atoms with Crippen molar-refractivity contribution in [3.05, 3.63) is 16.5 Å². The summed E-state index contributed by atoms with van der Waals surface area (Å²) in [5.74, 6) is -1.33. The molecule has 0 unspecified atom stereocenters. The van der Waals surface area contributed by atoms with Gasteiger partial charge in [-0.15, -0.1) is 0 Å². The Morgan fingerprint density at radius 3 is 2.55 bits per heavy atom. The van der Waals surface area contributed by atoms with E-state index in [-0.39, 0.29) is 15.0 Å². The van der Waals surface area contributed by atoms with E-state index in [1.165, 1.54) is 0 Å². The maximum atomic E-state index is 12.2. The van der Waals surface area contributed by atoms with E-state index in [0.717, 1.165) is 18.9 Å². The topological polar surface area (TPSA) is 96.6 Å². The van der Waals surface area contributed by atoms with E-state index < -0.39 is 21.8 Å². The van der Waals surface area contributed by atoms with Crippen LogP contribution in [0.25, 0.3) is 0 Å². The number of halogens is 1. The summed E-state index contributed by atoms with van der Waals surface area (Å²) in [5.41, 5.74) is 0.0267. The van der Waals surface area contributed by atoms with E-state index in [1.54, 1.807) is 0 Å². The minimum atomic E-state index is -3.78. The molecule has 1 aromatic rings. The second-order valence-electron chi connectivity index (χ2n) is 5.40. The van der Waals surface area contributed by atoms with Gasteiger partial charge in [0.25, 0.3) is 0 Å². The van der Waals surface area contributed by atoms with Crippen LogP contribution in [0.5, 0.6) is 0 Å². The Hall–Kier alpha value is -0.860. The van der Waals surface area contributed by atoms with Gasteiger partial charge < -0.3 is 9.52 Å². The first-order valence-electron chi connectivity index (χ1n) is 6.20. The van der Waals surface area contributed by atoms with Gasteiger partial charge in [-0.25, -0.2) is 17.9 Å². The average Bonchev–Trinajstić information content (AvgIpc) is 3.03. The molecule has 1 fully saturated rings. The number of hydrogen-bond donors (Lipinski definition) is 2. The molecular formula is C12H16BrNO5S. The second kappa shape index (κ2) is 5.16. The number of aromatic carboxylic acids is 1. The smallest absolute Gasteiger partial charge is 0.371 e. The predicted molar refractivity (Wildman–Crippen MR) is 75.1 cm³/mol. The van der Waals surface area contributed by atoms with E-state index in [0.29, 0.717) is 12.5 Å². The van der Waals surface area contributed by atoms with Gasteiger partial charge in [0.2, 0.25) is 15.8 Å². The summed E-state index contributed by atoms with van der Waals surface area (Å²) in [7, 11) is -3.78. The summed E-state index contributed by atoms with van der Waals surface area (Å²) >= 11 is 2.94. The highest BCUT2D eigenvalue weighted by Gasteiger charge is 2.46. The van der Waals surface area contributed by atoms with Crippen LogP contribution >= 0.6 is 15.9 Å². The molecule has 1 saturated carbocycles. The summed E-state index contributed by atoms with van der Waals surface area (Å²) in [6, 6.07) is 1.00. The first kappa shape index (κ1) is 15.5. The standard InChI is InChI=1S/C12H16BrNO5S/c1-7(2)12(3-4-12)6-14-20(17,18)9-5-8(11(15)16)19-10(9)13/h5,7,14H,3-4,6H2,1-2H3,(H,15,16). The Morgan fingerprint density at radius 1 is 1.55 bits per heavy atom. The van der Waals surface area contributed by atoms with Gasteiger partial charge in [0.1, 0.15) is 4.90 Å². The van der Waals surface area contributed by atoms with Crippen LogP contribution in [-0.4, -0.2) is 26.0 Å². The number of nitrogens with one attached hydrogen (secondary N) is 1. The Labute approximate surface area is 125 Å². The molecular weight excluding hydrogens is 350 g/mol. The molecule has 1 aliphatic rings. The normalized spacial score (nSPS) is 17.4. The van der Waals surface area contributed by atoms with Crippen molar-refractivity contribution in [2.24, 2.45) is 11.3 Å². The Balaban J connectivity index is 2.17. The maximum Gasteiger partial charge on any atom is 0.371 e. The number of carboxylic acid groups (broad SMARTS) is 1. The number of furan rings is 1. The SMILES string of the molecule is CC(C)C1(CNS(=O)(=O)c2cc(C(=O)O)oc2Br)CC1. The molecule has 8 heteroatoms. The molecule has 1 heterocycles. The molecule has 0 spiro atoms. The van der Waals surface area contributed by atoms with Crippen molar-refractivity contribution in [1.29, 1.82) is 0 Å². The van der Waals surface area contributed by atoms with Crippen molar-refractivity contribution >= 4 is 31.9 Å². The van der Waals surface area contributed by atoms with Crippen LogP contribution < -0.4 is 4.72 Å². The second-order valence-corrected chi connectivity index (χ2v) is 7.85. The van der Waals surface area contributed by atoms with Gasteiger partial charge in [-0.1, -0.05) is 13.8 Å². The zero-order valence-electron chi connectivity index (χ0n) is 11.1. The highest BCUT2D eigenvalue weighted by molar-refractivity contribution is 9.10. The number of rotatable bonds is 6. The number of carboxylic acids is 1. The van der Waals surface area contributed by atoms with Gasteiger partial charge in [0, 0.05) is 12.6 Å². The molecule has 2 N–H and O–H groups in total.